The molecule has 0 fully saturated rings. The Labute approximate surface area is 85.0 Å². The molecule has 1 unspecified atom stereocenters. The first-order chi connectivity index (χ1) is 4.83. The van der Waals surface area contributed by atoms with Gasteiger partial charge in [-0.1, -0.05) is 20.3 Å². The first-order valence-electron chi connectivity index (χ1n) is 3.78. The average molecular weight is 266 g/mol. The van der Waals surface area contributed by atoms with Crippen LogP contribution in [0.1, 0.15) is 20.3 Å². The van der Waals surface area contributed by atoms with Crippen LogP contribution in [0.5, 0.6) is 0 Å². The highest BCUT2D eigenvalue weighted by molar-refractivity contribution is 14.0. The summed E-state index contributed by atoms with van der Waals surface area (Å²) in [6, 6.07) is 0. The molecule has 0 saturated carbocycles. The lowest BCUT2D eigenvalue weighted by Crippen LogP contribution is -2.03. The van der Waals surface area contributed by atoms with Crippen molar-refractivity contribution in [1.29, 1.82) is 0 Å². The van der Waals surface area contributed by atoms with Crippen molar-refractivity contribution in [2.45, 2.75) is 26.8 Å². The van der Waals surface area contributed by atoms with Crippen molar-refractivity contribution in [2.75, 3.05) is 0 Å². The Balaban J connectivity index is 0.000001000. The van der Waals surface area contributed by atoms with E-state index in [1.165, 1.54) is 6.42 Å². The van der Waals surface area contributed by atoms with Gasteiger partial charge in [0.2, 0.25) is 0 Å². The van der Waals surface area contributed by atoms with Gasteiger partial charge in [-0.3, -0.25) is 0 Å². The van der Waals surface area contributed by atoms with E-state index >= 15 is 0 Å². The van der Waals surface area contributed by atoms with Crippen molar-refractivity contribution in [2.24, 2.45) is 5.92 Å². The van der Waals surface area contributed by atoms with Gasteiger partial charge in [-0.25, -0.2) is 4.98 Å². The third-order valence-corrected chi connectivity index (χ3v) is 1.78. The summed E-state index contributed by atoms with van der Waals surface area (Å²) in [5.74, 6) is 0.759. The molecule has 2 nitrogen and oxygen atoms in total. The van der Waals surface area contributed by atoms with E-state index in [2.05, 4.69) is 23.4 Å². The van der Waals surface area contributed by atoms with E-state index in [1.54, 1.807) is 0 Å². The van der Waals surface area contributed by atoms with Crippen molar-refractivity contribution in [1.82, 2.24) is 9.55 Å². The maximum atomic E-state index is 3.97. The number of halogens is 1. The van der Waals surface area contributed by atoms with E-state index in [0.717, 1.165) is 12.5 Å². The normalized spacial score (nSPS) is 12.2. The minimum absolute atomic E-state index is 0. The number of hydrogen-bond donors (Lipinski definition) is 0. The van der Waals surface area contributed by atoms with E-state index < -0.39 is 0 Å². The Kier molecular flexibility index (Phi) is 5.54. The van der Waals surface area contributed by atoms with Crippen molar-refractivity contribution in [3.8, 4) is 0 Å². The third-order valence-electron chi connectivity index (χ3n) is 1.78. The predicted molar refractivity (Wildman–Crippen MR) is 57.1 cm³/mol. The van der Waals surface area contributed by atoms with E-state index in [9.17, 15) is 0 Å². The topological polar surface area (TPSA) is 17.8 Å². The van der Waals surface area contributed by atoms with E-state index in [4.69, 9.17) is 0 Å². The zero-order valence-electron chi connectivity index (χ0n) is 7.03. The summed E-state index contributed by atoms with van der Waals surface area (Å²) in [6.45, 7) is 5.55. The Morgan fingerprint density at radius 2 is 2.27 bits per heavy atom. The molecule has 0 saturated heterocycles. The summed E-state index contributed by atoms with van der Waals surface area (Å²) in [4.78, 5) is 3.97. The van der Waals surface area contributed by atoms with Crippen LogP contribution in [0.3, 0.4) is 0 Å². The number of hydrogen-bond acceptors (Lipinski definition) is 1. The molecule has 0 bridgehead atoms. The number of aromatic nitrogens is 2. The smallest absolute Gasteiger partial charge is 0.0945 e. The van der Waals surface area contributed by atoms with Gasteiger partial charge in [-0.15, -0.1) is 24.0 Å². The molecule has 0 N–H and O–H groups in total. The molecule has 0 aliphatic rings. The Morgan fingerprint density at radius 3 is 2.73 bits per heavy atom. The highest BCUT2D eigenvalue weighted by Gasteiger charge is 1.97. The highest BCUT2D eigenvalue weighted by Crippen LogP contribution is 2.03. The lowest BCUT2D eigenvalue weighted by Gasteiger charge is -2.07. The number of imidazole rings is 1. The van der Waals surface area contributed by atoms with Crippen LogP contribution in [0, 0.1) is 5.92 Å². The van der Waals surface area contributed by atoms with E-state index in [1.807, 2.05) is 18.7 Å². The second kappa shape index (κ2) is 5.57. The average Bonchev–Trinajstić information content (AvgIpc) is 2.40. The van der Waals surface area contributed by atoms with Crippen LogP contribution in [0.15, 0.2) is 18.7 Å². The summed E-state index contributed by atoms with van der Waals surface area (Å²) in [7, 11) is 0. The van der Waals surface area contributed by atoms with Crippen LogP contribution < -0.4 is 0 Å². The van der Waals surface area contributed by atoms with Crippen LogP contribution in [0.2, 0.25) is 0 Å². The quantitative estimate of drug-likeness (QED) is 0.769. The molecule has 0 radical (unpaired) electrons. The Morgan fingerprint density at radius 1 is 1.55 bits per heavy atom. The minimum atomic E-state index is 0. The lowest BCUT2D eigenvalue weighted by atomic mass is 10.1. The SMILES string of the molecule is CCC(C)Cn1ccnc1.I. The van der Waals surface area contributed by atoms with Crippen LogP contribution in [0.4, 0.5) is 0 Å². The van der Waals surface area contributed by atoms with Gasteiger partial charge in [0.15, 0.2) is 0 Å². The molecule has 1 aromatic heterocycles. The molecule has 0 spiro atoms. The van der Waals surface area contributed by atoms with Gasteiger partial charge in [0.1, 0.15) is 0 Å². The van der Waals surface area contributed by atoms with Crippen molar-refractivity contribution >= 4 is 24.0 Å². The summed E-state index contributed by atoms with van der Waals surface area (Å²) >= 11 is 0. The zero-order chi connectivity index (χ0) is 7.40. The molecule has 1 heterocycles. The minimum Gasteiger partial charge on any atom is -0.337 e. The molecule has 11 heavy (non-hydrogen) atoms. The van der Waals surface area contributed by atoms with Gasteiger partial charge >= 0.3 is 0 Å². The third kappa shape index (κ3) is 3.74. The molecule has 1 rings (SSSR count). The molecule has 0 aliphatic carbocycles. The number of nitrogens with zero attached hydrogens (tertiary/aromatic N) is 2. The largest absolute Gasteiger partial charge is 0.337 e. The molecule has 1 atom stereocenters. The molecule has 0 aromatic carbocycles. The summed E-state index contributed by atoms with van der Waals surface area (Å²) in [5.41, 5.74) is 0. The first-order valence-corrected chi connectivity index (χ1v) is 3.78. The predicted octanol–water partition coefficient (Wildman–Crippen LogP) is 2.55. The van der Waals surface area contributed by atoms with Crippen LogP contribution >= 0.6 is 24.0 Å². The summed E-state index contributed by atoms with van der Waals surface area (Å²) < 4.78 is 2.12. The molecular formula is C8H15IN2. The maximum absolute atomic E-state index is 3.97. The van der Waals surface area contributed by atoms with E-state index in [-0.39, 0.29) is 24.0 Å². The molecular weight excluding hydrogens is 251 g/mol. The lowest BCUT2D eigenvalue weighted by molar-refractivity contribution is 0.468. The molecule has 0 aliphatic heterocycles. The van der Waals surface area contributed by atoms with Crippen molar-refractivity contribution in [3.05, 3.63) is 18.7 Å². The summed E-state index contributed by atoms with van der Waals surface area (Å²) in [6.07, 6.45) is 6.93. The Hall–Kier alpha value is -0.0600. The number of rotatable bonds is 3. The van der Waals surface area contributed by atoms with Gasteiger partial charge in [-0.2, -0.15) is 0 Å². The highest BCUT2D eigenvalue weighted by atomic mass is 127. The van der Waals surface area contributed by atoms with Crippen molar-refractivity contribution < 1.29 is 0 Å². The van der Waals surface area contributed by atoms with Gasteiger partial charge in [0, 0.05) is 18.9 Å². The molecule has 3 heteroatoms. The maximum Gasteiger partial charge on any atom is 0.0945 e. The van der Waals surface area contributed by atoms with Crippen LogP contribution in [-0.2, 0) is 6.54 Å². The molecule has 64 valence electrons. The van der Waals surface area contributed by atoms with Crippen LogP contribution in [-0.4, -0.2) is 9.55 Å². The second-order valence-corrected chi connectivity index (χ2v) is 2.77. The summed E-state index contributed by atoms with van der Waals surface area (Å²) in [5, 5.41) is 0. The standard InChI is InChI=1S/C8H14N2.HI/c1-3-8(2)6-10-5-4-9-7-10;/h4-5,7-8H,3,6H2,1-2H3;1H. The zero-order valence-corrected chi connectivity index (χ0v) is 9.36. The van der Waals surface area contributed by atoms with Gasteiger partial charge < -0.3 is 4.57 Å². The van der Waals surface area contributed by atoms with Gasteiger partial charge in [0.05, 0.1) is 6.33 Å². The van der Waals surface area contributed by atoms with Gasteiger partial charge in [0.25, 0.3) is 0 Å². The van der Waals surface area contributed by atoms with Crippen molar-refractivity contribution in [3.63, 3.8) is 0 Å². The first kappa shape index (κ1) is 10.9. The molecule has 1 aromatic rings. The van der Waals surface area contributed by atoms with Gasteiger partial charge in [-0.05, 0) is 5.92 Å². The monoisotopic (exact) mass is 266 g/mol. The fourth-order valence-electron chi connectivity index (χ4n) is 0.884. The molecule has 0 amide bonds. The fraction of sp³-hybridized carbons (Fsp3) is 0.625. The van der Waals surface area contributed by atoms with E-state index in [0.29, 0.717) is 0 Å². The second-order valence-electron chi connectivity index (χ2n) is 2.77. The van der Waals surface area contributed by atoms with Crippen LogP contribution in [0.25, 0.3) is 0 Å². The fourth-order valence-corrected chi connectivity index (χ4v) is 0.884. The Bertz CT molecular complexity index is 172.